The van der Waals surface area contributed by atoms with Gasteiger partial charge in [-0.25, -0.2) is 5.06 Å². The van der Waals surface area contributed by atoms with Crippen molar-refractivity contribution in [2.75, 3.05) is 7.11 Å². The van der Waals surface area contributed by atoms with Gasteiger partial charge < -0.3 is 0 Å². The van der Waals surface area contributed by atoms with E-state index in [0.717, 1.165) is 19.3 Å². The van der Waals surface area contributed by atoms with Crippen LogP contribution in [0.25, 0.3) is 10.4 Å². The molecule has 6 heteroatoms. The molecule has 0 radical (unpaired) electrons. The highest BCUT2D eigenvalue weighted by molar-refractivity contribution is 5.84. The predicted octanol–water partition coefficient (Wildman–Crippen LogP) is 2.26. The summed E-state index contributed by atoms with van der Waals surface area (Å²) in [5.41, 5.74) is 8.18. The lowest BCUT2D eigenvalue weighted by atomic mass is 9.70. The number of hydrogen-bond donors (Lipinski definition) is 0. The van der Waals surface area contributed by atoms with Crippen LogP contribution in [0.4, 0.5) is 0 Å². The van der Waals surface area contributed by atoms with Crippen LogP contribution in [0.1, 0.15) is 33.1 Å². The molecule has 0 aromatic carbocycles. The Morgan fingerprint density at radius 2 is 2.24 bits per heavy atom. The summed E-state index contributed by atoms with van der Waals surface area (Å²) < 4.78 is 0. The Bertz CT molecular complexity index is 376. The molecule has 1 aliphatic heterocycles. The SMILES string of the molecule is CON1C(=O)C(C)(C)[C@@H]2CCC[C@@H](N=[N+]=[N-])[C@@H]21. The molecule has 17 heavy (non-hydrogen) atoms. The van der Waals surface area contributed by atoms with Crippen LogP contribution < -0.4 is 0 Å². The highest BCUT2D eigenvalue weighted by atomic mass is 16.7. The number of carbonyl (C=O) groups is 1. The molecule has 1 amide bonds. The minimum atomic E-state index is -0.426. The van der Waals surface area contributed by atoms with E-state index < -0.39 is 5.41 Å². The largest absolute Gasteiger partial charge is 0.274 e. The number of amides is 1. The van der Waals surface area contributed by atoms with Crippen molar-refractivity contribution in [3.8, 4) is 0 Å². The molecule has 2 fully saturated rings. The minimum absolute atomic E-state index is 0.00459. The number of azide groups is 1. The topological polar surface area (TPSA) is 78.3 Å². The van der Waals surface area contributed by atoms with Crippen LogP contribution in [-0.2, 0) is 9.63 Å². The Morgan fingerprint density at radius 1 is 1.53 bits per heavy atom. The van der Waals surface area contributed by atoms with Gasteiger partial charge in [-0.1, -0.05) is 25.4 Å². The minimum Gasteiger partial charge on any atom is -0.274 e. The maximum absolute atomic E-state index is 12.2. The van der Waals surface area contributed by atoms with Crippen LogP contribution in [0, 0.1) is 11.3 Å². The molecule has 94 valence electrons. The van der Waals surface area contributed by atoms with Crippen LogP contribution in [0.3, 0.4) is 0 Å². The number of hydrogen-bond acceptors (Lipinski definition) is 3. The summed E-state index contributed by atoms with van der Waals surface area (Å²) >= 11 is 0. The first kappa shape index (κ1) is 12.2. The van der Waals surface area contributed by atoms with E-state index in [0.29, 0.717) is 0 Å². The summed E-state index contributed by atoms with van der Waals surface area (Å²) in [6, 6.07) is -0.267. The molecule has 1 aliphatic carbocycles. The zero-order valence-electron chi connectivity index (χ0n) is 10.5. The Hall–Kier alpha value is -1.26. The Labute approximate surface area is 100 Å². The normalized spacial score (nSPS) is 35.4. The second kappa shape index (κ2) is 4.20. The average Bonchev–Trinajstić information content (AvgIpc) is 2.50. The fourth-order valence-electron chi connectivity index (χ4n) is 3.24. The van der Waals surface area contributed by atoms with Crippen LogP contribution in [0.2, 0.25) is 0 Å². The summed E-state index contributed by atoms with van der Waals surface area (Å²) in [7, 11) is 1.50. The van der Waals surface area contributed by atoms with Crippen molar-refractivity contribution >= 4 is 5.91 Å². The van der Waals surface area contributed by atoms with Gasteiger partial charge in [0.1, 0.15) is 0 Å². The number of nitrogens with zero attached hydrogens (tertiary/aromatic N) is 4. The molecule has 0 aromatic rings. The van der Waals surface area contributed by atoms with E-state index in [1.54, 1.807) is 0 Å². The Kier molecular flexibility index (Phi) is 3.02. The lowest BCUT2D eigenvalue weighted by molar-refractivity contribution is -0.184. The van der Waals surface area contributed by atoms with Crippen LogP contribution in [0.15, 0.2) is 5.11 Å². The first-order valence-corrected chi connectivity index (χ1v) is 5.96. The molecule has 1 saturated heterocycles. The molecule has 3 atom stereocenters. The van der Waals surface area contributed by atoms with Crippen molar-refractivity contribution in [3.05, 3.63) is 10.4 Å². The molecule has 6 nitrogen and oxygen atoms in total. The summed E-state index contributed by atoms with van der Waals surface area (Å²) in [5, 5.41) is 5.25. The first-order chi connectivity index (χ1) is 8.04. The lowest BCUT2D eigenvalue weighted by Gasteiger charge is -2.36. The molecule has 2 aliphatic rings. The fourth-order valence-corrected chi connectivity index (χ4v) is 3.24. The first-order valence-electron chi connectivity index (χ1n) is 5.96. The van der Waals surface area contributed by atoms with Crippen molar-refractivity contribution in [1.82, 2.24) is 5.06 Å². The number of carbonyl (C=O) groups excluding carboxylic acids is 1. The number of fused-ring (bicyclic) bond motifs is 1. The van der Waals surface area contributed by atoms with E-state index >= 15 is 0 Å². The zero-order valence-corrected chi connectivity index (χ0v) is 10.5. The highest BCUT2D eigenvalue weighted by Crippen LogP contribution is 2.48. The Morgan fingerprint density at radius 3 is 2.82 bits per heavy atom. The zero-order chi connectivity index (χ0) is 12.6. The molecular weight excluding hydrogens is 220 g/mol. The van der Waals surface area contributed by atoms with Crippen LogP contribution >= 0.6 is 0 Å². The molecule has 0 aromatic heterocycles. The molecule has 0 spiro atoms. The van der Waals surface area contributed by atoms with Crippen molar-refractivity contribution in [1.29, 1.82) is 0 Å². The van der Waals surface area contributed by atoms with E-state index in [1.807, 2.05) is 13.8 Å². The van der Waals surface area contributed by atoms with Gasteiger partial charge in [0.15, 0.2) is 0 Å². The van der Waals surface area contributed by atoms with Gasteiger partial charge in [0.2, 0.25) is 0 Å². The molecule has 1 heterocycles. The monoisotopic (exact) mass is 238 g/mol. The second-order valence-electron chi connectivity index (χ2n) is 5.34. The predicted molar refractivity (Wildman–Crippen MR) is 61.7 cm³/mol. The summed E-state index contributed by atoms with van der Waals surface area (Å²) in [4.78, 5) is 20.3. The highest BCUT2D eigenvalue weighted by Gasteiger charge is 2.57. The molecular formula is C11H18N4O2. The third-order valence-electron chi connectivity index (χ3n) is 4.17. The van der Waals surface area contributed by atoms with Crippen molar-refractivity contribution < 1.29 is 9.63 Å². The second-order valence-corrected chi connectivity index (χ2v) is 5.34. The standard InChI is InChI=1S/C11H18N4O2/c1-11(2)7-5-4-6-8(13-14-12)9(7)15(17-3)10(11)16/h7-9H,4-6H2,1-3H3/t7-,8-,9-/m1/s1. The third-order valence-corrected chi connectivity index (χ3v) is 4.17. The van der Waals surface area contributed by atoms with E-state index in [1.165, 1.54) is 12.2 Å². The van der Waals surface area contributed by atoms with E-state index in [-0.39, 0.29) is 23.9 Å². The van der Waals surface area contributed by atoms with Crippen molar-refractivity contribution in [2.45, 2.75) is 45.2 Å². The maximum Gasteiger partial charge on any atom is 0.252 e. The van der Waals surface area contributed by atoms with Gasteiger partial charge in [0.05, 0.1) is 24.6 Å². The van der Waals surface area contributed by atoms with Gasteiger partial charge in [0, 0.05) is 4.91 Å². The molecule has 0 bridgehead atoms. The molecule has 1 saturated carbocycles. The van der Waals surface area contributed by atoms with Crippen molar-refractivity contribution in [2.24, 2.45) is 16.4 Å². The van der Waals surface area contributed by atoms with Crippen molar-refractivity contribution in [3.63, 3.8) is 0 Å². The van der Waals surface area contributed by atoms with E-state index in [9.17, 15) is 4.79 Å². The number of hydroxylamine groups is 2. The maximum atomic E-state index is 12.2. The van der Waals surface area contributed by atoms with Gasteiger partial charge in [-0.3, -0.25) is 9.63 Å². The average molecular weight is 238 g/mol. The lowest BCUT2D eigenvalue weighted by Crippen LogP contribution is -2.44. The van der Waals surface area contributed by atoms with Gasteiger partial charge in [-0.2, -0.15) is 0 Å². The smallest absolute Gasteiger partial charge is 0.252 e. The summed E-state index contributed by atoms with van der Waals surface area (Å²) in [6.07, 6.45) is 2.81. The molecule has 0 N–H and O–H groups in total. The summed E-state index contributed by atoms with van der Waals surface area (Å²) in [5.74, 6) is 0.203. The van der Waals surface area contributed by atoms with Gasteiger partial charge >= 0.3 is 0 Å². The molecule has 2 rings (SSSR count). The Balaban J connectivity index is 2.38. The van der Waals surface area contributed by atoms with Gasteiger partial charge in [-0.15, -0.1) is 0 Å². The fraction of sp³-hybridized carbons (Fsp3) is 0.909. The number of rotatable bonds is 2. The quantitative estimate of drug-likeness (QED) is 0.420. The third kappa shape index (κ3) is 1.68. The van der Waals surface area contributed by atoms with Gasteiger partial charge in [-0.05, 0) is 24.3 Å². The molecule has 0 unspecified atom stereocenters. The van der Waals surface area contributed by atoms with Crippen LogP contribution in [0.5, 0.6) is 0 Å². The van der Waals surface area contributed by atoms with Crippen LogP contribution in [-0.4, -0.2) is 30.2 Å². The van der Waals surface area contributed by atoms with Gasteiger partial charge in [0.25, 0.3) is 5.91 Å². The van der Waals surface area contributed by atoms with E-state index in [4.69, 9.17) is 10.4 Å². The summed E-state index contributed by atoms with van der Waals surface area (Å²) in [6.45, 7) is 3.90. The van der Waals surface area contributed by atoms with E-state index in [2.05, 4.69) is 10.0 Å².